The highest BCUT2D eigenvalue weighted by molar-refractivity contribution is 6.12. The molecule has 0 spiro atoms. The van der Waals surface area contributed by atoms with Crippen LogP contribution in [-0.4, -0.2) is 4.57 Å². The Kier molecular flexibility index (Phi) is 7.55. The molecule has 0 saturated carbocycles. The molecule has 0 unspecified atom stereocenters. The van der Waals surface area contributed by atoms with Crippen LogP contribution in [0.5, 0.6) is 0 Å². The fourth-order valence-corrected chi connectivity index (χ4v) is 9.60. The quantitative estimate of drug-likeness (QED) is 0.165. The Hall–Kier alpha value is -7.16. The van der Waals surface area contributed by atoms with E-state index >= 15 is 0 Å². The van der Waals surface area contributed by atoms with Crippen molar-refractivity contribution in [1.29, 1.82) is 0 Å². The average molecular weight is 729 g/mol. The fourth-order valence-electron chi connectivity index (χ4n) is 9.60. The zero-order valence-electron chi connectivity index (χ0n) is 32.0. The first kappa shape index (κ1) is 33.2. The zero-order chi connectivity index (χ0) is 38.1. The topological polar surface area (TPSA) is 8.17 Å². The Bertz CT molecular complexity index is 3150. The van der Waals surface area contributed by atoms with Crippen molar-refractivity contribution in [2.45, 2.75) is 19.3 Å². The van der Waals surface area contributed by atoms with E-state index in [-0.39, 0.29) is 5.41 Å². The van der Waals surface area contributed by atoms with Crippen molar-refractivity contribution in [3.8, 4) is 39.1 Å². The van der Waals surface area contributed by atoms with Gasteiger partial charge >= 0.3 is 0 Å². The van der Waals surface area contributed by atoms with Gasteiger partial charge in [0.15, 0.2) is 0 Å². The van der Waals surface area contributed by atoms with Gasteiger partial charge in [-0.05, 0) is 86.6 Å². The summed E-state index contributed by atoms with van der Waals surface area (Å²) in [5, 5.41) is 4.96. The lowest BCUT2D eigenvalue weighted by molar-refractivity contribution is 0.660. The number of nitrogens with zero attached hydrogens (tertiary/aromatic N) is 2. The smallest absolute Gasteiger partial charge is 0.0561 e. The van der Waals surface area contributed by atoms with E-state index in [0.29, 0.717) is 0 Å². The van der Waals surface area contributed by atoms with E-state index in [2.05, 4.69) is 230 Å². The largest absolute Gasteiger partial charge is 0.309 e. The summed E-state index contributed by atoms with van der Waals surface area (Å²) < 4.78 is 2.42. The first-order valence-corrected chi connectivity index (χ1v) is 19.9. The van der Waals surface area contributed by atoms with Crippen LogP contribution in [0.15, 0.2) is 206 Å². The van der Waals surface area contributed by atoms with Crippen molar-refractivity contribution in [3.63, 3.8) is 0 Å². The van der Waals surface area contributed by atoms with Crippen LogP contribution in [-0.2, 0) is 5.41 Å². The molecule has 11 rings (SSSR count). The number of para-hydroxylation sites is 3. The van der Waals surface area contributed by atoms with Gasteiger partial charge < -0.3 is 9.47 Å². The summed E-state index contributed by atoms with van der Waals surface area (Å²) in [6.07, 6.45) is 0. The molecule has 0 N–H and O–H groups in total. The molecule has 0 fully saturated rings. The summed E-state index contributed by atoms with van der Waals surface area (Å²) in [7, 11) is 0. The molecular formula is C55H40N2. The number of anilines is 3. The molecule has 57 heavy (non-hydrogen) atoms. The summed E-state index contributed by atoms with van der Waals surface area (Å²) >= 11 is 0. The number of hydrogen-bond acceptors (Lipinski definition) is 1. The molecule has 0 amide bonds. The number of hydrogen-bond donors (Lipinski definition) is 0. The normalized spacial score (nSPS) is 12.9. The molecule has 2 heteroatoms. The highest BCUT2D eigenvalue weighted by Crippen LogP contribution is 2.55. The average Bonchev–Trinajstić information content (AvgIpc) is 3.72. The second-order valence-corrected chi connectivity index (χ2v) is 15.7. The highest BCUT2D eigenvalue weighted by atomic mass is 15.2. The number of rotatable bonds is 6. The molecule has 10 aromatic rings. The molecular weight excluding hydrogens is 689 g/mol. The Morgan fingerprint density at radius 1 is 0.421 bits per heavy atom. The molecule has 1 aromatic heterocycles. The van der Waals surface area contributed by atoms with Crippen LogP contribution in [0, 0.1) is 0 Å². The molecule has 270 valence electrons. The van der Waals surface area contributed by atoms with Crippen molar-refractivity contribution < 1.29 is 0 Å². The van der Waals surface area contributed by atoms with E-state index in [9.17, 15) is 0 Å². The van der Waals surface area contributed by atoms with Gasteiger partial charge in [-0.25, -0.2) is 0 Å². The minimum Gasteiger partial charge on any atom is -0.309 e. The summed E-state index contributed by atoms with van der Waals surface area (Å²) in [6, 6.07) is 75.7. The molecule has 0 atom stereocenters. The number of benzene rings is 9. The monoisotopic (exact) mass is 728 g/mol. The summed E-state index contributed by atoms with van der Waals surface area (Å²) in [6.45, 7) is 4.73. The Morgan fingerprint density at radius 2 is 1.02 bits per heavy atom. The lowest BCUT2D eigenvalue weighted by Gasteiger charge is -2.31. The van der Waals surface area contributed by atoms with Gasteiger partial charge in [-0.15, -0.1) is 0 Å². The third kappa shape index (κ3) is 5.11. The van der Waals surface area contributed by atoms with Gasteiger partial charge in [0.05, 0.1) is 22.4 Å². The maximum Gasteiger partial charge on any atom is 0.0561 e. The third-order valence-electron chi connectivity index (χ3n) is 12.2. The van der Waals surface area contributed by atoms with Crippen molar-refractivity contribution in [2.75, 3.05) is 4.90 Å². The van der Waals surface area contributed by atoms with Gasteiger partial charge in [0.1, 0.15) is 0 Å². The van der Waals surface area contributed by atoms with E-state index in [1.165, 1.54) is 82.8 Å². The van der Waals surface area contributed by atoms with E-state index in [1.807, 2.05) is 0 Å². The predicted octanol–water partition coefficient (Wildman–Crippen LogP) is 15.0. The van der Waals surface area contributed by atoms with Crippen molar-refractivity contribution in [3.05, 3.63) is 217 Å². The zero-order valence-corrected chi connectivity index (χ0v) is 32.0. The SMILES string of the molecule is CC1(C)c2ccccc2-c2c(N(c3ccc4c5ccccc5n(-c5ccccc5)c4c3)c3ccccc3-c3cccc4cccc(-c5ccccc5)c34)cccc21. The molecule has 1 heterocycles. The molecule has 1 aliphatic carbocycles. The van der Waals surface area contributed by atoms with Crippen LogP contribution >= 0.6 is 0 Å². The first-order chi connectivity index (χ1) is 28.1. The fraction of sp³-hybridized carbons (Fsp3) is 0.0545. The van der Waals surface area contributed by atoms with E-state index in [4.69, 9.17) is 0 Å². The summed E-state index contributed by atoms with van der Waals surface area (Å²) in [5.41, 5.74) is 16.9. The Balaban J connectivity index is 1.24. The van der Waals surface area contributed by atoms with Crippen LogP contribution < -0.4 is 4.90 Å². The van der Waals surface area contributed by atoms with Gasteiger partial charge in [-0.1, -0.05) is 178 Å². The summed E-state index contributed by atoms with van der Waals surface area (Å²) in [5.74, 6) is 0. The van der Waals surface area contributed by atoms with E-state index in [0.717, 1.165) is 17.1 Å². The van der Waals surface area contributed by atoms with Gasteiger partial charge in [-0.3, -0.25) is 0 Å². The van der Waals surface area contributed by atoms with Gasteiger partial charge in [0.25, 0.3) is 0 Å². The summed E-state index contributed by atoms with van der Waals surface area (Å²) in [4.78, 5) is 2.53. The van der Waals surface area contributed by atoms with Gasteiger partial charge in [-0.2, -0.15) is 0 Å². The van der Waals surface area contributed by atoms with Crippen LogP contribution in [0.25, 0.3) is 71.6 Å². The molecule has 0 radical (unpaired) electrons. The minimum atomic E-state index is -0.142. The lowest BCUT2D eigenvalue weighted by Crippen LogP contribution is -2.16. The maximum atomic E-state index is 2.53. The predicted molar refractivity (Wildman–Crippen MR) is 241 cm³/mol. The van der Waals surface area contributed by atoms with Crippen molar-refractivity contribution >= 4 is 49.6 Å². The second kappa shape index (κ2) is 13.0. The van der Waals surface area contributed by atoms with Crippen molar-refractivity contribution in [1.82, 2.24) is 4.57 Å². The molecule has 1 aliphatic rings. The first-order valence-electron chi connectivity index (χ1n) is 19.9. The lowest BCUT2D eigenvalue weighted by atomic mass is 9.82. The van der Waals surface area contributed by atoms with Gasteiger partial charge in [0.2, 0.25) is 0 Å². The number of fused-ring (bicyclic) bond motifs is 7. The van der Waals surface area contributed by atoms with Crippen LogP contribution in [0.4, 0.5) is 17.1 Å². The van der Waals surface area contributed by atoms with Crippen LogP contribution in [0.1, 0.15) is 25.0 Å². The standard InChI is InChI=1S/C55H40N2/c1-55(2)47-29-12-9-26-46(47)54-48(55)30-17-33-51(54)57(40-34-35-44-42-24-10-13-31-49(42)56(52(44)36-40)39-22-7-4-8-23-39)50-32-14-11-25-43(50)45-28-16-21-38-20-15-27-41(53(38)45)37-18-5-3-6-19-37/h3-36H,1-2H3. The van der Waals surface area contributed by atoms with Crippen molar-refractivity contribution in [2.24, 2.45) is 0 Å². The molecule has 9 aromatic carbocycles. The highest BCUT2D eigenvalue weighted by Gasteiger charge is 2.38. The third-order valence-corrected chi connectivity index (χ3v) is 12.2. The molecule has 0 aliphatic heterocycles. The maximum absolute atomic E-state index is 2.53. The van der Waals surface area contributed by atoms with E-state index in [1.54, 1.807) is 0 Å². The van der Waals surface area contributed by atoms with Crippen LogP contribution in [0.3, 0.4) is 0 Å². The Labute approximate surface area is 333 Å². The molecule has 2 nitrogen and oxygen atoms in total. The molecule has 0 bridgehead atoms. The van der Waals surface area contributed by atoms with Gasteiger partial charge in [0, 0.05) is 38.7 Å². The molecule has 0 saturated heterocycles. The van der Waals surface area contributed by atoms with Crippen LogP contribution in [0.2, 0.25) is 0 Å². The Morgan fingerprint density at radius 3 is 1.84 bits per heavy atom. The minimum absolute atomic E-state index is 0.142. The van der Waals surface area contributed by atoms with E-state index < -0.39 is 0 Å². The second-order valence-electron chi connectivity index (χ2n) is 15.7. The number of aromatic nitrogens is 1.